The van der Waals surface area contributed by atoms with E-state index in [-0.39, 0.29) is 23.8 Å². The van der Waals surface area contributed by atoms with Crippen LogP contribution in [0.1, 0.15) is 42.0 Å². The van der Waals surface area contributed by atoms with E-state index in [9.17, 15) is 18.0 Å². The number of benzene rings is 4. The first-order chi connectivity index (χ1) is 21.2. The quantitative estimate of drug-likeness (QED) is 0.176. The average molecular weight is 612 g/mol. The van der Waals surface area contributed by atoms with E-state index in [0.717, 1.165) is 35.1 Å². The molecular weight excluding hydrogens is 570 g/mol. The topological polar surface area (TPSA) is 86.8 Å². The van der Waals surface area contributed by atoms with E-state index in [4.69, 9.17) is 0 Å². The van der Waals surface area contributed by atoms with Crippen LogP contribution in [-0.2, 0) is 32.6 Å². The number of aryl methyl sites for hydroxylation is 2. The molecule has 0 radical (unpaired) electrons. The molecule has 2 amide bonds. The number of nitrogens with one attached hydrogen (secondary N) is 1. The number of sulfonamides is 1. The Kier molecular flexibility index (Phi) is 11.3. The number of rotatable bonds is 14. The van der Waals surface area contributed by atoms with Crippen molar-refractivity contribution in [3.63, 3.8) is 0 Å². The fourth-order valence-electron chi connectivity index (χ4n) is 5.06. The Balaban J connectivity index is 1.79. The van der Waals surface area contributed by atoms with E-state index in [0.29, 0.717) is 12.2 Å². The number of anilines is 1. The molecule has 4 rings (SSSR count). The van der Waals surface area contributed by atoms with Gasteiger partial charge in [0.2, 0.25) is 11.8 Å². The monoisotopic (exact) mass is 611 g/mol. The third kappa shape index (κ3) is 8.35. The van der Waals surface area contributed by atoms with E-state index in [1.165, 1.54) is 21.3 Å². The summed E-state index contributed by atoms with van der Waals surface area (Å²) in [5, 5.41) is 3.02. The number of unbranched alkanes of at least 4 members (excludes halogenated alkanes) is 1. The van der Waals surface area contributed by atoms with Crippen molar-refractivity contribution in [2.75, 3.05) is 17.4 Å². The van der Waals surface area contributed by atoms with E-state index in [1.54, 1.807) is 24.3 Å². The van der Waals surface area contributed by atoms with Crippen LogP contribution < -0.4 is 9.62 Å². The Bertz CT molecular complexity index is 1630. The van der Waals surface area contributed by atoms with Gasteiger partial charge in [-0.3, -0.25) is 13.9 Å². The van der Waals surface area contributed by atoms with Crippen LogP contribution in [0.15, 0.2) is 114 Å². The third-order valence-electron chi connectivity index (χ3n) is 7.54. The van der Waals surface area contributed by atoms with Crippen molar-refractivity contribution in [2.45, 2.75) is 57.5 Å². The summed E-state index contributed by atoms with van der Waals surface area (Å²) in [4.78, 5) is 29.9. The minimum absolute atomic E-state index is 0.0847. The number of hydrogen-bond acceptors (Lipinski definition) is 4. The van der Waals surface area contributed by atoms with Gasteiger partial charge >= 0.3 is 0 Å². The van der Waals surface area contributed by atoms with Crippen LogP contribution in [0.2, 0.25) is 0 Å². The summed E-state index contributed by atoms with van der Waals surface area (Å²) >= 11 is 0. The molecule has 1 N–H and O–H groups in total. The molecule has 0 aliphatic carbocycles. The fourth-order valence-corrected chi connectivity index (χ4v) is 6.55. The predicted molar refractivity (Wildman–Crippen MR) is 176 cm³/mol. The summed E-state index contributed by atoms with van der Waals surface area (Å²) in [6.07, 6.45) is 2.01. The average Bonchev–Trinajstić information content (AvgIpc) is 3.04. The van der Waals surface area contributed by atoms with E-state index in [2.05, 4.69) is 5.32 Å². The zero-order valence-corrected chi connectivity index (χ0v) is 26.5. The molecule has 0 aromatic heterocycles. The normalized spacial score (nSPS) is 11.9. The summed E-state index contributed by atoms with van der Waals surface area (Å²) in [6.45, 7) is 5.93. The molecule has 44 heavy (non-hydrogen) atoms. The van der Waals surface area contributed by atoms with Gasteiger partial charge in [-0.25, -0.2) is 8.42 Å². The fraction of sp³-hybridized carbons (Fsp3) is 0.278. The van der Waals surface area contributed by atoms with Gasteiger partial charge in [0.15, 0.2) is 0 Å². The minimum Gasteiger partial charge on any atom is -0.354 e. The number of carbonyl (C=O) groups excluding carboxylic acids is 2. The Hall–Kier alpha value is -4.43. The molecule has 0 heterocycles. The SMILES string of the molecule is CCCCNC(=O)C(Cc1ccccc1)N(Cc1ccccc1)C(=O)CN(c1cc(C)ccc1C)S(=O)(=O)c1ccccc1. The van der Waals surface area contributed by atoms with Gasteiger partial charge < -0.3 is 10.2 Å². The second-order valence-corrected chi connectivity index (χ2v) is 12.8. The van der Waals surface area contributed by atoms with Gasteiger partial charge in [-0.05, 0) is 60.7 Å². The summed E-state index contributed by atoms with van der Waals surface area (Å²) < 4.78 is 29.5. The smallest absolute Gasteiger partial charge is 0.264 e. The molecule has 7 nitrogen and oxygen atoms in total. The predicted octanol–water partition coefficient (Wildman–Crippen LogP) is 6.06. The summed E-state index contributed by atoms with van der Waals surface area (Å²) in [5.74, 6) is -0.739. The second kappa shape index (κ2) is 15.3. The van der Waals surface area contributed by atoms with Crippen molar-refractivity contribution in [3.05, 3.63) is 131 Å². The molecule has 1 atom stereocenters. The molecule has 1 unspecified atom stereocenters. The molecule has 230 valence electrons. The Morgan fingerprint density at radius 1 is 0.795 bits per heavy atom. The first-order valence-corrected chi connectivity index (χ1v) is 16.4. The van der Waals surface area contributed by atoms with Crippen molar-refractivity contribution in [1.82, 2.24) is 10.2 Å². The number of carbonyl (C=O) groups is 2. The van der Waals surface area contributed by atoms with Gasteiger partial charge in [0.1, 0.15) is 12.6 Å². The highest BCUT2D eigenvalue weighted by molar-refractivity contribution is 7.92. The molecule has 0 fully saturated rings. The molecule has 4 aromatic rings. The highest BCUT2D eigenvalue weighted by Gasteiger charge is 2.35. The highest BCUT2D eigenvalue weighted by atomic mass is 32.2. The van der Waals surface area contributed by atoms with Gasteiger partial charge in [0.25, 0.3) is 10.0 Å². The highest BCUT2D eigenvalue weighted by Crippen LogP contribution is 2.28. The Labute approximate surface area is 261 Å². The molecule has 0 aliphatic heterocycles. The van der Waals surface area contributed by atoms with Crippen LogP contribution in [-0.4, -0.2) is 44.3 Å². The molecule has 0 aliphatic rings. The summed E-state index contributed by atoms with van der Waals surface area (Å²) in [5.41, 5.74) is 3.75. The molecule has 0 saturated heterocycles. The van der Waals surface area contributed by atoms with Gasteiger partial charge in [-0.2, -0.15) is 0 Å². The van der Waals surface area contributed by atoms with Crippen LogP contribution in [0.3, 0.4) is 0 Å². The first kappa shape index (κ1) is 32.5. The zero-order chi connectivity index (χ0) is 31.5. The van der Waals surface area contributed by atoms with Crippen LogP contribution in [0.4, 0.5) is 5.69 Å². The van der Waals surface area contributed by atoms with Crippen LogP contribution in [0, 0.1) is 13.8 Å². The maximum absolute atomic E-state index is 14.5. The molecule has 4 aromatic carbocycles. The van der Waals surface area contributed by atoms with Gasteiger partial charge in [0, 0.05) is 19.5 Å². The van der Waals surface area contributed by atoms with Crippen molar-refractivity contribution >= 4 is 27.5 Å². The lowest BCUT2D eigenvalue weighted by molar-refractivity contribution is -0.140. The second-order valence-electron chi connectivity index (χ2n) is 11.0. The molecular formula is C36H41N3O4S. The van der Waals surface area contributed by atoms with Gasteiger partial charge in [0.05, 0.1) is 10.6 Å². The molecule has 0 spiro atoms. The molecule has 0 saturated carbocycles. The largest absolute Gasteiger partial charge is 0.354 e. The van der Waals surface area contributed by atoms with Crippen molar-refractivity contribution in [3.8, 4) is 0 Å². The van der Waals surface area contributed by atoms with Crippen molar-refractivity contribution < 1.29 is 18.0 Å². The van der Waals surface area contributed by atoms with Gasteiger partial charge in [-0.1, -0.05) is 104 Å². The Morgan fingerprint density at radius 3 is 2.00 bits per heavy atom. The third-order valence-corrected chi connectivity index (χ3v) is 9.31. The summed E-state index contributed by atoms with van der Waals surface area (Å²) in [7, 11) is -4.13. The zero-order valence-electron chi connectivity index (χ0n) is 25.6. The minimum atomic E-state index is -4.13. The maximum Gasteiger partial charge on any atom is 0.264 e. The standard InChI is InChI=1S/C36H41N3O4S/c1-4-5-23-37-36(41)34(25-30-15-9-6-10-16-30)38(26-31-17-11-7-12-18-31)35(40)27-39(33-24-28(2)21-22-29(33)3)44(42,43)32-19-13-8-14-20-32/h6-22,24,34H,4-5,23,25-27H2,1-3H3,(H,37,41). The van der Waals surface area contributed by atoms with E-state index < -0.39 is 28.5 Å². The van der Waals surface area contributed by atoms with Crippen LogP contribution in [0.25, 0.3) is 0 Å². The van der Waals surface area contributed by atoms with Crippen LogP contribution in [0.5, 0.6) is 0 Å². The number of hydrogen-bond donors (Lipinski definition) is 1. The van der Waals surface area contributed by atoms with E-state index in [1.807, 2.05) is 93.6 Å². The lowest BCUT2D eigenvalue weighted by Gasteiger charge is -2.34. The summed E-state index contributed by atoms with van der Waals surface area (Å²) in [6, 6.07) is 31.8. The molecule has 8 heteroatoms. The Morgan fingerprint density at radius 2 is 1.39 bits per heavy atom. The number of amides is 2. The molecule has 0 bridgehead atoms. The van der Waals surface area contributed by atoms with Crippen LogP contribution >= 0.6 is 0 Å². The lowest BCUT2D eigenvalue weighted by Crippen LogP contribution is -2.53. The van der Waals surface area contributed by atoms with Crippen molar-refractivity contribution in [2.24, 2.45) is 0 Å². The first-order valence-electron chi connectivity index (χ1n) is 15.0. The van der Waals surface area contributed by atoms with Gasteiger partial charge in [-0.15, -0.1) is 0 Å². The van der Waals surface area contributed by atoms with Crippen molar-refractivity contribution in [1.29, 1.82) is 0 Å². The number of nitrogens with zero attached hydrogens (tertiary/aromatic N) is 2. The maximum atomic E-state index is 14.5. The lowest BCUT2D eigenvalue weighted by atomic mass is 10.0. The van der Waals surface area contributed by atoms with E-state index >= 15 is 0 Å².